The van der Waals surface area contributed by atoms with Crippen molar-refractivity contribution in [1.82, 2.24) is 10.3 Å². The molecule has 1 aromatic heterocycles. The van der Waals surface area contributed by atoms with E-state index in [2.05, 4.69) is 22.7 Å². The van der Waals surface area contributed by atoms with E-state index in [0.717, 1.165) is 44.4 Å². The van der Waals surface area contributed by atoms with Gasteiger partial charge in [-0.3, -0.25) is 4.79 Å². The number of aromatic nitrogens is 1. The lowest BCUT2D eigenvalue weighted by atomic mass is 10.1. The average molecular weight is 292 g/mol. The molecule has 1 fully saturated rings. The minimum atomic E-state index is -0.111. The van der Waals surface area contributed by atoms with Gasteiger partial charge in [-0.1, -0.05) is 13.3 Å². The van der Waals surface area contributed by atoms with Crippen LogP contribution >= 0.6 is 0 Å². The van der Waals surface area contributed by atoms with E-state index in [-0.39, 0.29) is 12.0 Å². The summed E-state index contributed by atoms with van der Waals surface area (Å²) in [6.07, 6.45) is 5.21. The molecule has 0 saturated carbocycles. The standard InChI is InChI=1S/C15H24N4O2/c1-2-5-12-8-11(9-14(18-12)19-16)15(20)17-10-13-6-3-4-7-21-13/h8-9,13H,2-7,10,16H2,1H3,(H,17,20)(H,18,19). The van der Waals surface area contributed by atoms with E-state index in [4.69, 9.17) is 10.6 Å². The highest BCUT2D eigenvalue weighted by Gasteiger charge is 2.16. The van der Waals surface area contributed by atoms with Crippen LogP contribution < -0.4 is 16.6 Å². The van der Waals surface area contributed by atoms with E-state index in [1.54, 1.807) is 6.07 Å². The highest BCUT2D eigenvalue weighted by molar-refractivity contribution is 5.95. The number of hydrogen-bond donors (Lipinski definition) is 3. The van der Waals surface area contributed by atoms with Gasteiger partial charge in [0.15, 0.2) is 0 Å². The second-order valence-electron chi connectivity index (χ2n) is 5.33. The summed E-state index contributed by atoms with van der Waals surface area (Å²) in [5.41, 5.74) is 3.96. The average Bonchev–Trinajstić information content (AvgIpc) is 2.53. The number of nitrogens with zero attached hydrogens (tertiary/aromatic N) is 1. The number of rotatable bonds is 6. The Morgan fingerprint density at radius 1 is 1.48 bits per heavy atom. The van der Waals surface area contributed by atoms with Crippen LogP contribution in [0.5, 0.6) is 0 Å². The van der Waals surface area contributed by atoms with Gasteiger partial charge in [-0.15, -0.1) is 0 Å². The molecule has 0 radical (unpaired) electrons. The molecule has 1 unspecified atom stereocenters. The van der Waals surface area contributed by atoms with Crippen molar-refractivity contribution in [1.29, 1.82) is 0 Å². The fourth-order valence-corrected chi connectivity index (χ4v) is 2.45. The number of ether oxygens (including phenoxy) is 1. The van der Waals surface area contributed by atoms with E-state index in [1.165, 1.54) is 0 Å². The van der Waals surface area contributed by atoms with Gasteiger partial charge in [0, 0.05) is 24.4 Å². The van der Waals surface area contributed by atoms with Crippen molar-refractivity contribution in [3.8, 4) is 0 Å². The highest BCUT2D eigenvalue weighted by atomic mass is 16.5. The smallest absolute Gasteiger partial charge is 0.251 e. The van der Waals surface area contributed by atoms with Gasteiger partial charge in [-0.2, -0.15) is 0 Å². The molecular formula is C15H24N4O2. The molecule has 6 heteroatoms. The van der Waals surface area contributed by atoms with Crippen LogP contribution in [0.2, 0.25) is 0 Å². The molecule has 1 aromatic rings. The Morgan fingerprint density at radius 2 is 2.33 bits per heavy atom. The summed E-state index contributed by atoms with van der Waals surface area (Å²) in [7, 11) is 0. The topological polar surface area (TPSA) is 89.3 Å². The van der Waals surface area contributed by atoms with Crippen LogP contribution in [-0.2, 0) is 11.2 Å². The minimum Gasteiger partial charge on any atom is -0.376 e. The predicted octanol–water partition coefficient (Wildman–Crippen LogP) is 1.62. The Morgan fingerprint density at radius 3 is 3.00 bits per heavy atom. The summed E-state index contributed by atoms with van der Waals surface area (Å²) < 4.78 is 5.61. The van der Waals surface area contributed by atoms with Crippen molar-refractivity contribution in [2.75, 3.05) is 18.6 Å². The lowest BCUT2D eigenvalue weighted by Gasteiger charge is -2.22. The zero-order valence-corrected chi connectivity index (χ0v) is 12.5. The van der Waals surface area contributed by atoms with Gasteiger partial charge >= 0.3 is 0 Å². The molecule has 0 aliphatic carbocycles. The Bertz CT molecular complexity index is 473. The number of hydrazine groups is 1. The lowest BCUT2D eigenvalue weighted by Crippen LogP contribution is -2.35. The van der Waals surface area contributed by atoms with Gasteiger partial charge in [0.1, 0.15) is 5.82 Å². The summed E-state index contributed by atoms with van der Waals surface area (Å²) >= 11 is 0. The number of nitrogens with two attached hydrogens (primary N) is 1. The Hall–Kier alpha value is -1.66. The largest absolute Gasteiger partial charge is 0.376 e. The number of pyridine rings is 1. The van der Waals surface area contributed by atoms with E-state index in [1.807, 2.05) is 6.07 Å². The van der Waals surface area contributed by atoms with E-state index in [0.29, 0.717) is 17.9 Å². The molecule has 2 heterocycles. The first kappa shape index (κ1) is 15.7. The van der Waals surface area contributed by atoms with Crippen molar-refractivity contribution >= 4 is 11.7 Å². The molecule has 0 bridgehead atoms. The molecule has 0 aromatic carbocycles. The Balaban J connectivity index is 1.98. The molecule has 2 rings (SSSR count). The van der Waals surface area contributed by atoms with Crippen LogP contribution in [-0.4, -0.2) is 30.1 Å². The molecule has 21 heavy (non-hydrogen) atoms. The van der Waals surface area contributed by atoms with Crippen molar-refractivity contribution in [2.45, 2.75) is 45.1 Å². The first-order valence-electron chi connectivity index (χ1n) is 7.60. The van der Waals surface area contributed by atoms with E-state index in [9.17, 15) is 4.79 Å². The highest BCUT2D eigenvalue weighted by Crippen LogP contribution is 2.13. The van der Waals surface area contributed by atoms with Gasteiger partial charge < -0.3 is 15.5 Å². The third-order valence-corrected chi connectivity index (χ3v) is 3.56. The molecular weight excluding hydrogens is 268 g/mol. The van der Waals surface area contributed by atoms with Crippen molar-refractivity contribution in [2.24, 2.45) is 5.84 Å². The molecule has 1 saturated heterocycles. The van der Waals surface area contributed by atoms with Crippen LogP contribution in [0.25, 0.3) is 0 Å². The zero-order valence-electron chi connectivity index (χ0n) is 12.5. The maximum atomic E-state index is 12.2. The maximum absolute atomic E-state index is 12.2. The normalized spacial score (nSPS) is 18.3. The number of aryl methyl sites for hydroxylation is 1. The van der Waals surface area contributed by atoms with Gasteiger partial charge in [0.2, 0.25) is 0 Å². The monoisotopic (exact) mass is 292 g/mol. The van der Waals surface area contributed by atoms with E-state index < -0.39 is 0 Å². The number of nitrogen functional groups attached to an aromatic ring is 1. The predicted molar refractivity (Wildman–Crippen MR) is 82.0 cm³/mol. The molecule has 1 aliphatic heterocycles. The summed E-state index contributed by atoms with van der Waals surface area (Å²) in [6.45, 7) is 3.41. The van der Waals surface area contributed by atoms with Crippen LogP contribution in [0.15, 0.2) is 12.1 Å². The lowest BCUT2D eigenvalue weighted by molar-refractivity contribution is 0.0169. The fourth-order valence-electron chi connectivity index (χ4n) is 2.45. The fraction of sp³-hybridized carbons (Fsp3) is 0.600. The number of carbonyl (C=O) groups is 1. The SMILES string of the molecule is CCCc1cc(C(=O)NCC2CCCCO2)cc(NN)n1. The van der Waals surface area contributed by atoms with E-state index >= 15 is 0 Å². The Kier molecular flexibility index (Phi) is 5.95. The van der Waals surface area contributed by atoms with Crippen LogP contribution in [0, 0.1) is 0 Å². The number of amides is 1. The maximum Gasteiger partial charge on any atom is 0.251 e. The van der Waals surface area contributed by atoms with Crippen molar-refractivity contribution in [3.05, 3.63) is 23.4 Å². The molecule has 1 atom stereocenters. The van der Waals surface area contributed by atoms with Crippen LogP contribution in [0.4, 0.5) is 5.82 Å². The van der Waals surface area contributed by atoms with Gasteiger partial charge in [-0.05, 0) is 37.8 Å². The van der Waals surface area contributed by atoms with Crippen molar-refractivity contribution in [3.63, 3.8) is 0 Å². The first-order chi connectivity index (χ1) is 10.2. The summed E-state index contributed by atoms with van der Waals surface area (Å²) in [5, 5.41) is 2.93. The third kappa shape index (κ3) is 4.68. The van der Waals surface area contributed by atoms with Gasteiger partial charge in [0.05, 0.1) is 6.10 Å². The van der Waals surface area contributed by atoms with Crippen LogP contribution in [0.1, 0.15) is 48.7 Å². The molecule has 6 nitrogen and oxygen atoms in total. The molecule has 1 amide bonds. The first-order valence-corrected chi connectivity index (χ1v) is 7.60. The number of carbonyl (C=O) groups excluding carboxylic acids is 1. The third-order valence-electron chi connectivity index (χ3n) is 3.56. The minimum absolute atomic E-state index is 0.111. The summed E-state index contributed by atoms with van der Waals surface area (Å²) in [5.74, 6) is 5.81. The van der Waals surface area contributed by atoms with Gasteiger partial charge in [0.25, 0.3) is 5.91 Å². The summed E-state index contributed by atoms with van der Waals surface area (Å²) in [4.78, 5) is 16.6. The zero-order chi connectivity index (χ0) is 15.1. The molecule has 4 N–H and O–H groups in total. The quantitative estimate of drug-likeness (QED) is 0.547. The Labute approximate surface area is 125 Å². The van der Waals surface area contributed by atoms with Crippen molar-refractivity contribution < 1.29 is 9.53 Å². The molecule has 1 aliphatic rings. The summed E-state index contributed by atoms with van der Waals surface area (Å²) in [6, 6.07) is 3.48. The number of hydrogen-bond acceptors (Lipinski definition) is 5. The molecule has 0 spiro atoms. The van der Waals surface area contributed by atoms with Gasteiger partial charge in [-0.25, -0.2) is 10.8 Å². The number of anilines is 1. The molecule has 116 valence electrons. The second kappa shape index (κ2) is 7.95. The number of nitrogens with one attached hydrogen (secondary N) is 2. The van der Waals surface area contributed by atoms with Crippen LogP contribution in [0.3, 0.4) is 0 Å². The second-order valence-corrected chi connectivity index (χ2v) is 5.33.